The molecule has 0 aliphatic heterocycles. The van der Waals surface area contributed by atoms with Crippen LogP contribution in [-0.4, -0.2) is 36.9 Å². The smallest absolute Gasteiger partial charge is 0.336 e. The first-order valence-electron chi connectivity index (χ1n) is 9.93. The van der Waals surface area contributed by atoms with Crippen LogP contribution in [0.5, 0.6) is 5.75 Å². The molecule has 1 aromatic heterocycles. The van der Waals surface area contributed by atoms with Gasteiger partial charge in [-0.3, -0.25) is 9.59 Å². The zero-order valence-electron chi connectivity index (χ0n) is 18.4. The lowest BCUT2D eigenvalue weighted by molar-refractivity contribution is -0.135. The van der Waals surface area contributed by atoms with Gasteiger partial charge in [0.05, 0.1) is 6.54 Å². The fraction of sp³-hybridized carbons (Fsp3) is 0.292. The summed E-state index contributed by atoms with van der Waals surface area (Å²) in [6.45, 7) is 7.36. The van der Waals surface area contributed by atoms with Gasteiger partial charge in [0.2, 0.25) is 5.91 Å². The van der Waals surface area contributed by atoms with Gasteiger partial charge >= 0.3 is 5.63 Å². The summed E-state index contributed by atoms with van der Waals surface area (Å²) in [4.78, 5) is 37.7. The van der Waals surface area contributed by atoms with Crippen LogP contribution in [0.15, 0.2) is 45.6 Å². The van der Waals surface area contributed by atoms with E-state index in [4.69, 9.17) is 9.15 Å². The molecule has 0 bridgehead atoms. The monoisotopic (exact) mass is 422 g/mol. The Morgan fingerprint density at radius 2 is 1.68 bits per heavy atom. The summed E-state index contributed by atoms with van der Waals surface area (Å²) in [7, 11) is 1.54. The normalized spacial score (nSPS) is 10.7. The molecule has 1 heterocycles. The van der Waals surface area contributed by atoms with E-state index in [9.17, 15) is 14.4 Å². The number of benzene rings is 2. The molecule has 162 valence electrons. The predicted octanol–water partition coefficient (Wildman–Crippen LogP) is 3.50. The molecule has 0 saturated carbocycles. The first kappa shape index (κ1) is 22.1. The van der Waals surface area contributed by atoms with Crippen LogP contribution in [0.4, 0.5) is 5.69 Å². The van der Waals surface area contributed by atoms with E-state index in [2.05, 4.69) is 5.32 Å². The van der Waals surface area contributed by atoms with Crippen molar-refractivity contribution in [3.05, 3.63) is 69.1 Å². The number of carbonyl (C=O) groups is 2. The van der Waals surface area contributed by atoms with Crippen molar-refractivity contribution in [2.75, 3.05) is 25.5 Å². The van der Waals surface area contributed by atoms with Gasteiger partial charge in [0.1, 0.15) is 11.3 Å². The van der Waals surface area contributed by atoms with Crippen molar-refractivity contribution < 1.29 is 18.7 Å². The van der Waals surface area contributed by atoms with E-state index in [1.807, 2.05) is 39.8 Å². The van der Waals surface area contributed by atoms with Gasteiger partial charge in [-0.15, -0.1) is 0 Å². The maximum absolute atomic E-state index is 12.4. The maximum Gasteiger partial charge on any atom is 0.336 e. The van der Waals surface area contributed by atoms with Crippen LogP contribution in [0.2, 0.25) is 0 Å². The van der Waals surface area contributed by atoms with E-state index in [1.165, 1.54) is 11.0 Å². The summed E-state index contributed by atoms with van der Waals surface area (Å²) in [5.74, 6) is -0.231. The molecule has 7 nitrogen and oxygen atoms in total. The maximum atomic E-state index is 12.4. The molecule has 31 heavy (non-hydrogen) atoms. The molecule has 3 rings (SSSR count). The number of anilines is 1. The second-order valence-electron chi connectivity index (χ2n) is 7.77. The molecular weight excluding hydrogens is 396 g/mol. The summed E-state index contributed by atoms with van der Waals surface area (Å²) < 4.78 is 10.7. The van der Waals surface area contributed by atoms with Gasteiger partial charge < -0.3 is 19.4 Å². The Balaban J connectivity index is 1.59. The number of hydrogen-bond donors (Lipinski definition) is 1. The van der Waals surface area contributed by atoms with E-state index in [0.29, 0.717) is 11.3 Å². The highest BCUT2D eigenvalue weighted by Gasteiger charge is 2.16. The second-order valence-corrected chi connectivity index (χ2v) is 7.77. The number of carbonyl (C=O) groups excluding carboxylic acids is 2. The lowest BCUT2D eigenvalue weighted by Gasteiger charge is -2.18. The Kier molecular flexibility index (Phi) is 6.44. The molecule has 0 saturated heterocycles. The first-order valence-corrected chi connectivity index (χ1v) is 9.93. The minimum Gasteiger partial charge on any atom is -0.484 e. The fourth-order valence-corrected chi connectivity index (χ4v) is 3.51. The van der Waals surface area contributed by atoms with Crippen molar-refractivity contribution in [1.82, 2.24) is 4.90 Å². The zero-order chi connectivity index (χ0) is 22.7. The van der Waals surface area contributed by atoms with Gasteiger partial charge in [0, 0.05) is 30.3 Å². The Bertz CT molecular complexity index is 1190. The van der Waals surface area contributed by atoms with Crippen molar-refractivity contribution >= 4 is 28.5 Å². The van der Waals surface area contributed by atoms with Crippen molar-refractivity contribution in [2.24, 2.45) is 0 Å². The van der Waals surface area contributed by atoms with Crippen molar-refractivity contribution in [3.63, 3.8) is 0 Å². The van der Waals surface area contributed by atoms with Gasteiger partial charge in [-0.1, -0.05) is 17.7 Å². The second kappa shape index (κ2) is 9.04. The van der Waals surface area contributed by atoms with Crippen LogP contribution in [0.3, 0.4) is 0 Å². The van der Waals surface area contributed by atoms with E-state index < -0.39 is 5.63 Å². The number of nitrogens with zero attached hydrogens (tertiary/aromatic N) is 1. The number of amides is 2. The average molecular weight is 422 g/mol. The lowest BCUT2D eigenvalue weighted by atomic mass is 10.1. The first-order chi connectivity index (χ1) is 14.6. The molecule has 0 fully saturated rings. The number of likely N-dealkylation sites (N-methyl/N-ethyl adjacent to an activating group) is 1. The quantitative estimate of drug-likeness (QED) is 0.614. The lowest BCUT2D eigenvalue weighted by Crippen LogP contribution is -2.37. The van der Waals surface area contributed by atoms with Crippen molar-refractivity contribution in [2.45, 2.75) is 27.7 Å². The molecule has 0 spiro atoms. The summed E-state index contributed by atoms with van der Waals surface area (Å²) >= 11 is 0. The summed E-state index contributed by atoms with van der Waals surface area (Å²) in [5, 5.41) is 3.68. The van der Waals surface area contributed by atoms with Gasteiger partial charge in [0.15, 0.2) is 6.61 Å². The zero-order valence-corrected chi connectivity index (χ0v) is 18.4. The molecule has 0 aliphatic carbocycles. The predicted molar refractivity (Wildman–Crippen MR) is 120 cm³/mol. The Labute approximate surface area is 180 Å². The van der Waals surface area contributed by atoms with Crippen LogP contribution >= 0.6 is 0 Å². The third-order valence-electron chi connectivity index (χ3n) is 5.03. The van der Waals surface area contributed by atoms with Gasteiger partial charge in [-0.2, -0.15) is 0 Å². The van der Waals surface area contributed by atoms with E-state index in [0.717, 1.165) is 33.3 Å². The molecule has 3 aromatic rings. The average Bonchev–Trinajstić information content (AvgIpc) is 2.68. The largest absolute Gasteiger partial charge is 0.484 e. The van der Waals surface area contributed by atoms with E-state index in [1.54, 1.807) is 25.2 Å². The van der Waals surface area contributed by atoms with Crippen LogP contribution in [0.1, 0.15) is 22.3 Å². The number of fused-ring (bicyclic) bond motifs is 1. The number of rotatable bonds is 6. The Morgan fingerprint density at radius 1 is 1.00 bits per heavy atom. The molecule has 1 N–H and O–H groups in total. The number of ether oxygens (including phenoxy) is 1. The van der Waals surface area contributed by atoms with Crippen LogP contribution < -0.4 is 15.7 Å². The molecule has 7 heteroatoms. The van der Waals surface area contributed by atoms with Crippen molar-refractivity contribution in [1.29, 1.82) is 0 Å². The number of aryl methyl sites for hydroxylation is 4. The standard InChI is InChI=1S/C24H26N2O5/c1-14-8-16(3)24(17(4)9-14)25-21(27)12-26(5)22(28)13-30-18-6-7-19-15(2)10-23(29)31-20(19)11-18/h6-11H,12-13H2,1-5H3,(H,25,27). The fourth-order valence-electron chi connectivity index (χ4n) is 3.51. The molecule has 2 amide bonds. The summed E-state index contributed by atoms with van der Waals surface area (Å²) in [6, 6.07) is 10.5. The molecule has 0 atom stereocenters. The molecular formula is C24H26N2O5. The summed E-state index contributed by atoms with van der Waals surface area (Å²) in [5.41, 5.74) is 4.59. The highest BCUT2D eigenvalue weighted by atomic mass is 16.5. The van der Waals surface area contributed by atoms with Gasteiger partial charge in [-0.25, -0.2) is 4.79 Å². The highest BCUT2D eigenvalue weighted by molar-refractivity contribution is 5.96. The SMILES string of the molecule is Cc1cc(C)c(NC(=O)CN(C)C(=O)COc2ccc3c(C)cc(=O)oc3c2)c(C)c1. The summed E-state index contributed by atoms with van der Waals surface area (Å²) in [6.07, 6.45) is 0. The molecule has 0 unspecified atom stereocenters. The topological polar surface area (TPSA) is 88.9 Å². The van der Waals surface area contributed by atoms with E-state index >= 15 is 0 Å². The molecule has 0 radical (unpaired) electrons. The molecule has 0 aliphatic rings. The highest BCUT2D eigenvalue weighted by Crippen LogP contribution is 2.23. The van der Waals surface area contributed by atoms with Gasteiger partial charge in [-0.05, 0) is 56.5 Å². The van der Waals surface area contributed by atoms with Crippen LogP contribution in [0.25, 0.3) is 11.0 Å². The number of hydrogen-bond acceptors (Lipinski definition) is 5. The third-order valence-corrected chi connectivity index (χ3v) is 5.03. The van der Waals surface area contributed by atoms with Gasteiger partial charge in [0.25, 0.3) is 5.91 Å². The third kappa shape index (κ3) is 5.31. The minimum absolute atomic E-state index is 0.0965. The van der Waals surface area contributed by atoms with Crippen molar-refractivity contribution in [3.8, 4) is 5.75 Å². The molecule has 2 aromatic carbocycles. The van der Waals surface area contributed by atoms with Crippen LogP contribution in [-0.2, 0) is 9.59 Å². The Morgan fingerprint density at radius 3 is 2.35 bits per heavy atom. The van der Waals surface area contributed by atoms with E-state index in [-0.39, 0.29) is 25.0 Å². The minimum atomic E-state index is -0.442. The Hall–Kier alpha value is -3.61. The van der Waals surface area contributed by atoms with Crippen LogP contribution in [0, 0.1) is 27.7 Å². The number of nitrogens with one attached hydrogen (secondary N) is 1.